The van der Waals surface area contributed by atoms with Gasteiger partial charge >= 0.3 is 0 Å². The summed E-state index contributed by atoms with van der Waals surface area (Å²) in [6, 6.07) is 9.11. The molecule has 0 radical (unpaired) electrons. The summed E-state index contributed by atoms with van der Waals surface area (Å²) in [6.45, 7) is 0. The minimum atomic E-state index is -3.88. The van der Waals surface area contributed by atoms with E-state index in [0.29, 0.717) is 5.75 Å². The summed E-state index contributed by atoms with van der Waals surface area (Å²) in [4.78, 5) is -0.327. The van der Waals surface area contributed by atoms with Crippen molar-refractivity contribution in [1.29, 1.82) is 0 Å². The van der Waals surface area contributed by atoms with Gasteiger partial charge in [0, 0.05) is 6.07 Å². The van der Waals surface area contributed by atoms with Gasteiger partial charge in [0.25, 0.3) is 0 Å². The molecule has 100 valence electrons. The summed E-state index contributed by atoms with van der Waals surface area (Å²) in [5.74, 6) is -0.113. The summed E-state index contributed by atoms with van der Waals surface area (Å²) >= 11 is 0. The number of phenolic OH excluding ortho intramolecular Hbond substituents is 2. The van der Waals surface area contributed by atoms with Crippen LogP contribution in [0.4, 0.5) is 0 Å². The number of aromatic hydroxyl groups is 2. The average molecular weight is 280 g/mol. The van der Waals surface area contributed by atoms with Crippen LogP contribution in [0.25, 0.3) is 0 Å². The molecule has 0 saturated carbocycles. The maximum Gasteiger partial charge on any atom is 0.210 e. The molecular formula is C13H12O5S. The highest BCUT2D eigenvalue weighted by Gasteiger charge is 2.22. The summed E-state index contributed by atoms with van der Waals surface area (Å²) in [5.41, 5.74) is 0. The van der Waals surface area contributed by atoms with Gasteiger partial charge in [0.1, 0.15) is 22.1 Å². The summed E-state index contributed by atoms with van der Waals surface area (Å²) < 4.78 is 29.5. The van der Waals surface area contributed by atoms with Gasteiger partial charge in [0.05, 0.1) is 12.0 Å². The molecule has 2 aromatic rings. The van der Waals surface area contributed by atoms with Crippen LogP contribution in [0, 0.1) is 0 Å². The summed E-state index contributed by atoms with van der Waals surface area (Å²) in [7, 11) is -2.41. The van der Waals surface area contributed by atoms with Crippen molar-refractivity contribution in [3.8, 4) is 17.2 Å². The predicted octanol–water partition coefficient (Wildman–Crippen LogP) is 1.94. The van der Waals surface area contributed by atoms with Gasteiger partial charge in [-0.3, -0.25) is 0 Å². The number of rotatable bonds is 3. The molecule has 0 atom stereocenters. The van der Waals surface area contributed by atoms with Crippen LogP contribution in [0.1, 0.15) is 0 Å². The lowest BCUT2D eigenvalue weighted by atomic mass is 10.3. The van der Waals surface area contributed by atoms with Gasteiger partial charge in [0.15, 0.2) is 0 Å². The predicted molar refractivity (Wildman–Crippen MR) is 68.2 cm³/mol. The molecule has 19 heavy (non-hydrogen) atoms. The number of methoxy groups -OCH3 is 1. The van der Waals surface area contributed by atoms with Gasteiger partial charge in [-0.25, -0.2) is 8.42 Å². The van der Waals surface area contributed by atoms with Crippen LogP contribution in [-0.2, 0) is 9.84 Å². The maximum absolute atomic E-state index is 12.3. The molecule has 0 unspecified atom stereocenters. The quantitative estimate of drug-likeness (QED) is 0.839. The van der Waals surface area contributed by atoms with Crippen LogP contribution in [0.3, 0.4) is 0 Å². The Balaban J connectivity index is 2.55. The molecule has 6 heteroatoms. The Hall–Kier alpha value is -2.21. The SMILES string of the molecule is COc1ccc(S(=O)(=O)c2cc(O)ccc2O)cc1. The molecule has 5 nitrogen and oxygen atoms in total. The molecule has 0 aliphatic rings. The lowest BCUT2D eigenvalue weighted by molar-refractivity contribution is 0.414. The number of ether oxygens (including phenoxy) is 1. The maximum atomic E-state index is 12.3. The van der Waals surface area contributed by atoms with E-state index in [0.717, 1.165) is 12.1 Å². The first-order chi connectivity index (χ1) is 8.95. The van der Waals surface area contributed by atoms with Crippen molar-refractivity contribution in [2.75, 3.05) is 7.11 Å². The van der Waals surface area contributed by atoms with Crippen LogP contribution in [0.15, 0.2) is 52.3 Å². The molecule has 0 bridgehead atoms. The Labute approximate surface area is 110 Å². The number of phenols is 2. The first-order valence-corrected chi connectivity index (χ1v) is 6.84. The normalized spacial score (nSPS) is 11.2. The monoisotopic (exact) mass is 280 g/mol. The number of hydrogen-bond donors (Lipinski definition) is 2. The zero-order valence-corrected chi connectivity index (χ0v) is 10.9. The van der Waals surface area contributed by atoms with E-state index in [1.807, 2.05) is 0 Å². The van der Waals surface area contributed by atoms with Crippen LogP contribution in [-0.4, -0.2) is 25.7 Å². The van der Waals surface area contributed by atoms with E-state index in [-0.39, 0.29) is 15.5 Å². The van der Waals surface area contributed by atoms with Gasteiger partial charge in [-0.1, -0.05) is 0 Å². The highest BCUT2D eigenvalue weighted by atomic mass is 32.2. The minimum Gasteiger partial charge on any atom is -0.508 e. The molecule has 2 rings (SSSR count). The molecule has 0 aromatic heterocycles. The Morgan fingerprint density at radius 2 is 1.63 bits per heavy atom. The zero-order valence-electron chi connectivity index (χ0n) is 10.1. The third-order valence-corrected chi connectivity index (χ3v) is 4.40. The van der Waals surface area contributed by atoms with Gasteiger partial charge < -0.3 is 14.9 Å². The van der Waals surface area contributed by atoms with Crippen molar-refractivity contribution in [1.82, 2.24) is 0 Å². The van der Waals surface area contributed by atoms with Crippen molar-refractivity contribution in [3.63, 3.8) is 0 Å². The second-order valence-electron chi connectivity index (χ2n) is 3.83. The van der Waals surface area contributed by atoms with Crippen molar-refractivity contribution in [3.05, 3.63) is 42.5 Å². The van der Waals surface area contributed by atoms with Crippen molar-refractivity contribution < 1.29 is 23.4 Å². The van der Waals surface area contributed by atoms with Crippen molar-refractivity contribution >= 4 is 9.84 Å². The lowest BCUT2D eigenvalue weighted by Gasteiger charge is -2.08. The smallest absolute Gasteiger partial charge is 0.210 e. The van der Waals surface area contributed by atoms with Crippen LogP contribution in [0.5, 0.6) is 17.2 Å². The first kappa shape index (κ1) is 13.2. The molecule has 0 aliphatic heterocycles. The topological polar surface area (TPSA) is 83.8 Å². The Morgan fingerprint density at radius 1 is 1.00 bits per heavy atom. The van der Waals surface area contributed by atoms with E-state index in [2.05, 4.69) is 0 Å². The van der Waals surface area contributed by atoms with Crippen LogP contribution in [0.2, 0.25) is 0 Å². The fourth-order valence-electron chi connectivity index (χ4n) is 1.60. The molecule has 0 aliphatic carbocycles. The summed E-state index contributed by atoms with van der Waals surface area (Å²) in [6.07, 6.45) is 0. The molecule has 0 heterocycles. The van der Waals surface area contributed by atoms with E-state index in [1.54, 1.807) is 0 Å². The zero-order chi connectivity index (χ0) is 14.0. The second kappa shape index (κ2) is 4.81. The van der Waals surface area contributed by atoms with E-state index < -0.39 is 15.6 Å². The number of hydrogen-bond acceptors (Lipinski definition) is 5. The molecule has 0 amide bonds. The van der Waals surface area contributed by atoms with Crippen molar-refractivity contribution in [2.45, 2.75) is 9.79 Å². The van der Waals surface area contributed by atoms with E-state index in [4.69, 9.17) is 4.74 Å². The fraction of sp³-hybridized carbons (Fsp3) is 0.0769. The van der Waals surface area contributed by atoms with E-state index in [9.17, 15) is 18.6 Å². The molecule has 2 aromatic carbocycles. The molecule has 2 N–H and O–H groups in total. The number of sulfone groups is 1. The highest BCUT2D eigenvalue weighted by molar-refractivity contribution is 7.91. The average Bonchev–Trinajstić information content (AvgIpc) is 2.41. The van der Waals surface area contributed by atoms with Gasteiger partial charge in [0.2, 0.25) is 9.84 Å². The lowest BCUT2D eigenvalue weighted by Crippen LogP contribution is -2.02. The Morgan fingerprint density at radius 3 is 2.21 bits per heavy atom. The van der Waals surface area contributed by atoms with Gasteiger partial charge in [-0.15, -0.1) is 0 Å². The molecular weight excluding hydrogens is 268 g/mol. The summed E-state index contributed by atoms with van der Waals surface area (Å²) in [5, 5.41) is 19.0. The minimum absolute atomic E-state index is 0.00852. The molecule has 0 saturated heterocycles. The van der Waals surface area contributed by atoms with Crippen LogP contribution < -0.4 is 4.74 Å². The highest BCUT2D eigenvalue weighted by Crippen LogP contribution is 2.31. The third kappa shape index (κ3) is 2.48. The molecule has 0 spiro atoms. The largest absolute Gasteiger partial charge is 0.508 e. The fourth-order valence-corrected chi connectivity index (χ4v) is 2.97. The van der Waals surface area contributed by atoms with Crippen molar-refractivity contribution in [2.24, 2.45) is 0 Å². The first-order valence-electron chi connectivity index (χ1n) is 5.36. The Kier molecular flexibility index (Phi) is 3.35. The van der Waals surface area contributed by atoms with Gasteiger partial charge in [-0.2, -0.15) is 0 Å². The third-order valence-electron chi connectivity index (χ3n) is 2.60. The standard InChI is InChI=1S/C13H12O5S/c1-18-10-3-5-11(6-4-10)19(16,17)13-8-9(14)2-7-12(13)15/h2-8,14-15H,1H3. The Bertz CT molecular complexity index is 689. The second-order valence-corrected chi connectivity index (χ2v) is 5.75. The van der Waals surface area contributed by atoms with Crippen LogP contribution >= 0.6 is 0 Å². The van der Waals surface area contributed by atoms with E-state index in [1.165, 1.54) is 37.4 Å². The van der Waals surface area contributed by atoms with Gasteiger partial charge in [-0.05, 0) is 36.4 Å². The number of benzene rings is 2. The van der Waals surface area contributed by atoms with E-state index >= 15 is 0 Å². The molecule has 0 fully saturated rings.